The van der Waals surface area contributed by atoms with Crippen LogP contribution in [0.25, 0.3) is 0 Å². The first-order chi connectivity index (χ1) is 15.1. The molecule has 0 saturated carbocycles. The maximum absolute atomic E-state index is 13.0. The van der Waals surface area contributed by atoms with E-state index in [1.807, 2.05) is 39.1 Å². The molecule has 1 aromatic heterocycles. The maximum Gasteiger partial charge on any atom is 0.410 e. The summed E-state index contributed by atoms with van der Waals surface area (Å²) in [6, 6.07) is 4.29. The van der Waals surface area contributed by atoms with Crippen LogP contribution in [0, 0.1) is 0 Å². The number of hydrogen-bond donors (Lipinski definition) is 1. The molecule has 2 amide bonds. The molecule has 0 unspecified atom stereocenters. The van der Waals surface area contributed by atoms with E-state index in [1.54, 1.807) is 4.90 Å². The van der Waals surface area contributed by atoms with Crippen molar-refractivity contribution in [2.45, 2.75) is 78.0 Å². The zero-order valence-corrected chi connectivity index (χ0v) is 20.4. The van der Waals surface area contributed by atoms with Gasteiger partial charge in [-0.2, -0.15) is 0 Å². The summed E-state index contributed by atoms with van der Waals surface area (Å²) in [5.41, 5.74) is 1.58. The Hall–Kier alpha value is -2.28. The van der Waals surface area contributed by atoms with Crippen LogP contribution in [0.1, 0.15) is 76.8 Å². The highest BCUT2D eigenvalue weighted by molar-refractivity contribution is 5.93. The second kappa shape index (κ2) is 10.6. The molecule has 1 aromatic rings. The Kier molecular flexibility index (Phi) is 8.04. The van der Waals surface area contributed by atoms with Crippen LogP contribution >= 0.6 is 0 Å². The molecule has 2 aliphatic rings. The van der Waals surface area contributed by atoms with E-state index >= 15 is 0 Å². The smallest absolute Gasteiger partial charge is 0.410 e. The van der Waals surface area contributed by atoms with Crippen LogP contribution in [-0.4, -0.2) is 70.7 Å². The number of amides is 2. The lowest BCUT2D eigenvalue weighted by atomic mass is 10.0. The van der Waals surface area contributed by atoms with E-state index in [0.717, 1.165) is 45.3 Å². The van der Waals surface area contributed by atoms with Gasteiger partial charge in [-0.15, -0.1) is 0 Å². The normalized spacial score (nSPS) is 19.0. The number of rotatable bonds is 5. The Balaban J connectivity index is 1.50. The Bertz CT molecular complexity index is 803. The first kappa shape index (κ1) is 24.4. The SMILES string of the molecule is CC(C)=CCN1CCC(NC(=O)c2cccn2C2CCN(C(=O)OC(C)(C)C)CC2)CC1. The molecule has 1 N–H and O–H groups in total. The van der Waals surface area contributed by atoms with Gasteiger partial charge in [-0.05, 0) is 72.4 Å². The van der Waals surface area contributed by atoms with Gasteiger partial charge in [0.05, 0.1) is 0 Å². The molecule has 3 heterocycles. The van der Waals surface area contributed by atoms with Crippen LogP contribution in [0.5, 0.6) is 0 Å². The fourth-order valence-corrected chi connectivity index (χ4v) is 4.39. The van der Waals surface area contributed by atoms with Crippen molar-refractivity contribution in [3.63, 3.8) is 0 Å². The van der Waals surface area contributed by atoms with Crippen molar-refractivity contribution < 1.29 is 14.3 Å². The van der Waals surface area contributed by atoms with Crippen molar-refractivity contribution in [2.75, 3.05) is 32.7 Å². The summed E-state index contributed by atoms with van der Waals surface area (Å²) in [5, 5.41) is 3.25. The monoisotopic (exact) mass is 444 g/mol. The van der Waals surface area contributed by atoms with E-state index < -0.39 is 5.60 Å². The zero-order valence-electron chi connectivity index (χ0n) is 20.4. The highest BCUT2D eigenvalue weighted by atomic mass is 16.6. The summed E-state index contributed by atoms with van der Waals surface area (Å²) in [6.07, 6.45) is 7.60. The molecule has 0 spiro atoms. The van der Waals surface area contributed by atoms with E-state index in [1.165, 1.54) is 5.57 Å². The number of carbonyl (C=O) groups is 2. The molecule has 0 radical (unpaired) electrons. The fourth-order valence-electron chi connectivity index (χ4n) is 4.39. The summed E-state index contributed by atoms with van der Waals surface area (Å²) < 4.78 is 7.58. The van der Waals surface area contributed by atoms with Gasteiger partial charge in [0.25, 0.3) is 5.91 Å². The van der Waals surface area contributed by atoms with E-state index in [2.05, 4.69) is 34.7 Å². The molecule has 0 bridgehead atoms. The van der Waals surface area contributed by atoms with Gasteiger partial charge in [-0.25, -0.2) is 4.79 Å². The maximum atomic E-state index is 13.0. The molecular weight excluding hydrogens is 404 g/mol. The van der Waals surface area contributed by atoms with E-state index in [9.17, 15) is 9.59 Å². The summed E-state index contributed by atoms with van der Waals surface area (Å²) in [7, 11) is 0. The number of carbonyl (C=O) groups excluding carboxylic acids is 2. The van der Waals surface area contributed by atoms with E-state index in [-0.39, 0.29) is 24.1 Å². The second-order valence-electron chi connectivity index (χ2n) is 10.3. The molecule has 2 saturated heterocycles. The third-order valence-corrected chi connectivity index (χ3v) is 6.20. The lowest BCUT2D eigenvalue weighted by molar-refractivity contribution is 0.0187. The molecule has 32 heavy (non-hydrogen) atoms. The lowest BCUT2D eigenvalue weighted by Gasteiger charge is -2.35. The third kappa shape index (κ3) is 6.86. The van der Waals surface area contributed by atoms with Gasteiger partial charge in [0, 0.05) is 51.0 Å². The standard InChI is InChI=1S/C25H40N4O3/c1-19(2)8-14-27-15-9-20(10-16-27)26-23(30)22-7-6-13-29(22)21-11-17-28(18-12-21)24(31)32-25(3,4)5/h6-8,13,20-21H,9-12,14-18H2,1-5H3,(H,26,30). The first-order valence-electron chi connectivity index (χ1n) is 11.9. The van der Waals surface area contributed by atoms with Gasteiger partial charge < -0.3 is 19.5 Å². The minimum Gasteiger partial charge on any atom is -0.444 e. The Morgan fingerprint density at radius 3 is 2.34 bits per heavy atom. The van der Waals surface area contributed by atoms with Crippen molar-refractivity contribution in [2.24, 2.45) is 0 Å². The number of ether oxygens (including phenoxy) is 1. The Labute approximate surface area is 192 Å². The predicted octanol–water partition coefficient (Wildman–Crippen LogP) is 4.22. The van der Waals surface area contributed by atoms with Gasteiger partial charge in [0.1, 0.15) is 11.3 Å². The highest BCUT2D eigenvalue weighted by Crippen LogP contribution is 2.26. The van der Waals surface area contributed by atoms with E-state index in [0.29, 0.717) is 18.8 Å². The van der Waals surface area contributed by atoms with Crippen molar-refractivity contribution in [1.29, 1.82) is 0 Å². The minimum absolute atomic E-state index is 0.00678. The molecular formula is C25H40N4O3. The van der Waals surface area contributed by atoms with E-state index in [4.69, 9.17) is 4.74 Å². The molecule has 0 atom stereocenters. The molecule has 0 aromatic carbocycles. The summed E-state index contributed by atoms with van der Waals surface area (Å²) >= 11 is 0. The van der Waals surface area contributed by atoms with Crippen LogP contribution < -0.4 is 5.32 Å². The number of aromatic nitrogens is 1. The first-order valence-corrected chi connectivity index (χ1v) is 11.9. The second-order valence-corrected chi connectivity index (χ2v) is 10.3. The number of piperidine rings is 2. The molecule has 7 heteroatoms. The van der Waals surface area contributed by atoms with Crippen molar-refractivity contribution in [1.82, 2.24) is 19.7 Å². The summed E-state index contributed by atoms with van der Waals surface area (Å²) in [6.45, 7) is 14.2. The quantitative estimate of drug-likeness (QED) is 0.691. The average molecular weight is 445 g/mol. The van der Waals surface area contributed by atoms with Crippen LogP contribution in [0.4, 0.5) is 4.79 Å². The van der Waals surface area contributed by atoms with Gasteiger partial charge in [0.2, 0.25) is 0 Å². The molecule has 2 aliphatic heterocycles. The van der Waals surface area contributed by atoms with Crippen LogP contribution in [-0.2, 0) is 4.74 Å². The van der Waals surface area contributed by atoms with Crippen LogP contribution in [0.15, 0.2) is 30.0 Å². The average Bonchev–Trinajstić information content (AvgIpc) is 3.22. The number of hydrogen-bond acceptors (Lipinski definition) is 4. The van der Waals surface area contributed by atoms with Crippen molar-refractivity contribution in [3.05, 3.63) is 35.7 Å². The van der Waals surface area contributed by atoms with Gasteiger partial charge >= 0.3 is 6.09 Å². The zero-order chi connectivity index (χ0) is 23.3. The van der Waals surface area contributed by atoms with Crippen molar-refractivity contribution in [3.8, 4) is 0 Å². The third-order valence-electron chi connectivity index (χ3n) is 6.20. The van der Waals surface area contributed by atoms with Crippen LogP contribution in [0.2, 0.25) is 0 Å². The number of nitrogens with one attached hydrogen (secondary N) is 1. The fraction of sp³-hybridized carbons (Fsp3) is 0.680. The van der Waals surface area contributed by atoms with Gasteiger partial charge in [-0.3, -0.25) is 9.69 Å². The van der Waals surface area contributed by atoms with Gasteiger partial charge in [0.15, 0.2) is 0 Å². The largest absolute Gasteiger partial charge is 0.444 e. The molecule has 2 fully saturated rings. The van der Waals surface area contributed by atoms with Crippen LogP contribution in [0.3, 0.4) is 0 Å². The number of nitrogens with zero attached hydrogens (tertiary/aromatic N) is 3. The summed E-state index contributed by atoms with van der Waals surface area (Å²) in [5.74, 6) is 0.00678. The van der Waals surface area contributed by atoms with Crippen molar-refractivity contribution >= 4 is 12.0 Å². The molecule has 0 aliphatic carbocycles. The lowest BCUT2D eigenvalue weighted by Crippen LogP contribution is -2.45. The number of allylic oxidation sites excluding steroid dienone is 1. The molecule has 178 valence electrons. The Morgan fingerprint density at radius 2 is 1.75 bits per heavy atom. The summed E-state index contributed by atoms with van der Waals surface area (Å²) in [4.78, 5) is 29.6. The minimum atomic E-state index is -0.485. The van der Waals surface area contributed by atoms with Gasteiger partial charge in [-0.1, -0.05) is 11.6 Å². The highest BCUT2D eigenvalue weighted by Gasteiger charge is 2.29. The number of likely N-dealkylation sites (tertiary alicyclic amines) is 2. The molecule has 7 nitrogen and oxygen atoms in total. The Morgan fingerprint density at radius 1 is 1.09 bits per heavy atom. The topological polar surface area (TPSA) is 66.8 Å². The molecule has 3 rings (SSSR count). The predicted molar refractivity (Wildman–Crippen MR) is 127 cm³/mol.